The number of halogens is 6. The molecule has 0 amide bonds. The Hall–Kier alpha value is -4.83. The summed E-state index contributed by atoms with van der Waals surface area (Å²) in [5.74, 6) is -2.08. The van der Waals surface area contributed by atoms with Crippen molar-refractivity contribution in [1.82, 2.24) is 25.0 Å². The molecule has 6 rings (SSSR count). The van der Waals surface area contributed by atoms with E-state index in [1.165, 1.54) is 25.3 Å². The zero-order valence-corrected chi connectivity index (χ0v) is 25.3. The van der Waals surface area contributed by atoms with Gasteiger partial charge in [-0.2, -0.15) is 27.2 Å². The molecule has 3 aromatic heterocycles. The first-order valence-corrected chi connectivity index (χ1v) is 14.8. The van der Waals surface area contributed by atoms with Crippen molar-refractivity contribution in [3.8, 4) is 6.07 Å². The number of benzene rings is 2. The predicted molar refractivity (Wildman–Crippen MR) is 162 cm³/mol. The number of fused-ring (bicyclic) bond motifs is 1. The number of aryl methyl sites for hydroxylation is 1. The third-order valence-corrected chi connectivity index (χ3v) is 8.55. The van der Waals surface area contributed by atoms with Gasteiger partial charge in [0.25, 0.3) is 0 Å². The summed E-state index contributed by atoms with van der Waals surface area (Å²) < 4.78 is 71.9. The molecule has 46 heavy (non-hydrogen) atoms. The van der Waals surface area contributed by atoms with Gasteiger partial charge in [-0.3, -0.25) is 4.98 Å². The van der Waals surface area contributed by atoms with Crippen LogP contribution in [0.3, 0.4) is 0 Å². The van der Waals surface area contributed by atoms with Crippen LogP contribution in [0.5, 0.6) is 0 Å². The van der Waals surface area contributed by atoms with Gasteiger partial charge >= 0.3 is 6.18 Å². The Balaban J connectivity index is 1.47. The highest BCUT2D eigenvalue weighted by atomic mass is 35.5. The molecule has 3 heterocycles. The maximum absolute atomic E-state index is 15.9. The van der Waals surface area contributed by atoms with Crippen LogP contribution in [-0.2, 0) is 5.54 Å². The van der Waals surface area contributed by atoms with Crippen LogP contribution in [0.1, 0.15) is 66.3 Å². The van der Waals surface area contributed by atoms with Crippen molar-refractivity contribution in [1.29, 1.82) is 5.26 Å². The molecule has 1 aliphatic carbocycles. The van der Waals surface area contributed by atoms with Crippen molar-refractivity contribution in [2.75, 3.05) is 10.6 Å². The summed E-state index contributed by atoms with van der Waals surface area (Å²) >= 11 is 6.69. The molecule has 8 nitrogen and oxygen atoms in total. The minimum atomic E-state index is -4.74. The summed E-state index contributed by atoms with van der Waals surface area (Å²) in [5.41, 5.74) is -0.147. The maximum Gasteiger partial charge on any atom is 0.413 e. The van der Waals surface area contributed by atoms with Crippen molar-refractivity contribution in [2.24, 2.45) is 0 Å². The third-order valence-electron chi connectivity index (χ3n) is 8.26. The summed E-state index contributed by atoms with van der Waals surface area (Å²) in [4.78, 5) is 8.21. The lowest BCUT2D eigenvalue weighted by atomic mass is 10.0. The van der Waals surface area contributed by atoms with E-state index in [2.05, 4.69) is 37.0 Å². The Morgan fingerprint density at radius 2 is 1.83 bits per heavy atom. The lowest BCUT2D eigenvalue weighted by molar-refractivity contribution is -0.185. The molecule has 1 saturated carbocycles. The normalized spacial score (nSPS) is 15.3. The van der Waals surface area contributed by atoms with Gasteiger partial charge in [-0.05, 0) is 49.9 Å². The number of hydrogen-bond donors (Lipinski definition) is 2. The number of aromatic nitrogens is 5. The number of hydrogen-bond acceptors (Lipinski definition) is 7. The lowest BCUT2D eigenvalue weighted by Gasteiger charge is -2.23. The zero-order chi connectivity index (χ0) is 32.8. The van der Waals surface area contributed by atoms with E-state index in [1.54, 1.807) is 6.07 Å². The largest absolute Gasteiger partial charge is 0.413 e. The van der Waals surface area contributed by atoms with E-state index in [4.69, 9.17) is 11.6 Å². The van der Waals surface area contributed by atoms with Gasteiger partial charge < -0.3 is 10.6 Å². The highest BCUT2D eigenvalue weighted by Gasteiger charge is 2.67. The fraction of sp³-hybridized carbons (Fsp3) is 0.281. The minimum absolute atomic E-state index is 0.153. The molecular weight excluding hydrogens is 627 g/mol. The second kappa shape index (κ2) is 11.8. The Morgan fingerprint density at radius 3 is 2.46 bits per heavy atom. The van der Waals surface area contributed by atoms with E-state index in [9.17, 15) is 22.8 Å². The number of nitrogens with zero attached hydrogens (tertiary/aromatic N) is 6. The first-order valence-electron chi connectivity index (χ1n) is 14.4. The molecule has 1 fully saturated rings. The molecule has 0 aliphatic heterocycles. The van der Waals surface area contributed by atoms with E-state index < -0.39 is 35.3 Å². The monoisotopic (exact) mass is 652 g/mol. The van der Waals surface area contributed by atoms with E-state index in [0.717, 1.165) is 11.6 Å². The molecule has 2 atom stereocenters. The van der Waals surface area contributed by atoms with Crippen molar-refractivity contribution in [3.63, 3.8) is 0 Å². The Morgan fingerprint density at radius 1 is 1.09 bits per heavy atom. The fourth-order valence-corrected chi connectivity index (χ4v) is 5.90. The molecule has 0 saturated heterocycles. The van der Waals surface area contributed by atoms with E-state index in [1.807, 2.05) is 37.3 Å². The van der Waals surface area contributed by atoms with Gasteiger partial charge in [0, 0.05) is 28.5 Å². The molecule has 0 bridgehead atoms. The summed E-state index contributed by atoms with van der Waals surface area (Å²) in [5, 5.41) is 24.6. The van der Waals surface area contributed by atoms with Gasteiger partial charge in [0.1, 0.15) is 17.8 Å². The van der Waals surface area contributed by atoms with Gasteiger partial charge in [-0.25, -0.2) is 9.67 Å². The van der Waals surface area contributed by atoms with Crippen LogP contribution in [0.4, 0.5) is 33.3 Å². The summed E-state index contributed by atoms with van der Waals surface area (Å²) in [6.45, 7) is 3.48. The van der Waals surface area contributed by atoms with Crippen LogP contribution in [0.25, 0.3) is 10.9 Å². The summed E-state index contributed by atoms with van der Waals surface area (Å²) in [6, 6.07) is 16.0. The number of nitriles is 1. The Bertz CT molecular complexity index is 1970. The SMILES string of the molecule is CC[C@@H](Nc1c(C#N)cnc2c(Cl)cc(N[C@@H](c3ccc(F)nc3C)c3nnn(C4(C(F)(F)F)CC4)c3F)cc12)c1ccccc1. The van der Waals surface area contributed by atoms with Crippen LogP contribution in [0.2, 0.25) is 5.02 Å². The van der Waals surface area contributed by atoms with Crippen LogP contribution < -0.4 is 10.6 Å². The topological polar surface area (TPSA) is 104 Å². The van der Waals surface area contributed by atoms with Crippen LogP contribution in [-0.4, -0.2) is 31.1 Å². The van der Waals surface area contributed by atoms with Gasteiger partial charge in [0.2, 0.25) is 11.9 Å². The second-order valence-electron chi connectivity index (χ2n) is 11.1. The summed E-state index contributed by atoms with van der Waals surface area (Å²) in [7, 11) is 0. The van der Waals surface area contributed by atoms with Crippen molar-refractivity contribution in [3.05, 3.63) is 106 Å². The molecule has 2 aromatic carbocycles. The molecule has 0 unspecified atom stereocenters. The number of nitrogens with one attached hydrogen (secondary N) is 2. The van der Waals surface area contributed by atoms with Crippen LogP contribution in [0.15, 0.2) is 60.8 Å². The standard InChI is InChI=1S/C32H26ClF5N8/c1-3-24(18-7-5-4-6-8-18)43-26-19(15-39)16-40-27-22(26)13-20(14-23(27)33)42-28(21-9-10-25(34)41-17(21)2)29-30(35)46(45-44-29)31(11-12-31)32(36,37)38/h4-10,13-14,16,24,28,42H,3,11-12H2,1-2H3,(H,40,43)/t24-,28+/m1/s1. The van der Waals surface area contributed by atoms with Gasteiger partial charge in [0.15, 0.2) is 5.54 Å². The van der Waals surface area contributed by atoms with E-state index >= 15 is 4.39 Å². The number of alkyl halides is 3. The maximum atomic E-state index is 15.9. The number of anilines is 2. The first-order chi connectivity index (χ1) is 22.0. The molecule has 14 heteroatoms. The molecule has 0 spiro atoms. The molecule has 5 aromatic rings. The average Bonchev–Trinajstić information content (AvgIpc) is 3.76. The van der Waals surface area contributed by atoms with Crippen LogP contribution >= 0.6 is 11.6 Å². The highest BCUT2D eigenvalue weighted by molar-refractivity contribution is 6.35. The third kappa shape index (κ3) is 5.47. The predicted octanol–water partition coefficient (Wildman–Crippen LogP) is 8.15. The fourth-order valence-electron chi connectivity index (χ4n) is 5.64. The van der Waals surface area contributed by atoms with Crippen LogP contribution in [0, 0.1) is 30.2 Å². The first kappa shape index (κ1) is 31.2. The molecule has 0 radical (unpaired) electrons. The van der Waals surface area contributed by atoms with Gasteiger partial charge in [0.05, 0.1) is 27.8 Å². The molecular formula is C32H26ClF5N8. The van der Waals surface area contributed by atoms with Gasteiger partial charge in [-0.15, -0.1) is 5.10 Å². The molecule has 236 valence electrons. The average molecular weight is 653 g/mol. The zero-order valence-electron chi connectivity index (χ0n) is 24.5. The van der Waals surface area contributed by atoms with Crippen molar-refractivity contribution < 1.29 is 22.0 Å². The number of rotatable bonds is 9. The van der Waals surface area contributed by atoms with E-state index in [-0.39, 0.29) is 45.4 Å². The number of pyridine rings is 2. The lowest BCUT2D eigenvalue weighted by Crippen LogP contribution is -2.36. The summed E-state index contributed by atoms with van der Waals surface area (Å²) in [6.07, 6.45) is -3.32. The van der Waals surface area contributed by atoms with E-state index in [0.29, 0.717) is 28.7 Å². The molecule has 2 N–H and O–H groups in total. The molecule has 1 aliphatic rings. The van der Waals surface area contributed by atoms with Crippen molar-refractivity contribution >= 4 is 33.9 Å². The smallest absolute Gasteiger partial charge is 0.377 e. The van der Waals surface area contributed by atoms with Gasteiger partial charge in [-0.1, -0.05) is 60.1 Å². The Labute approximate surface area is 265 Å². The second-order valence-corrected chi connectivity index (χ2v) is 11.5. The van der Waals surface area contributed by atoms with Crippen molar-refractivity contribution in [2.45, 2.75) is 56.9 Å². The highest BCUT2D eigenvalue weighted by Crippen LogP contribution is 2.55. The Kier molecular flexibility index (Phi) is 8.02. The quantitative estimate of drug-likeness (QED) is 0.122. The minimum Gasteiger partial charge on any atom is -0.377 e.